The molecule has 4 heteroatoms. The molecule has 7 rings (SSSR count). The SMILES string of the molecule is OC[C@@]12C[C@H]3NCC1C1CN[C@H]2C[C@@]13CO. The van der Waals surface area contributed by atoms with Gasteiger partial charge in [0.25, 0.3) is 0 Å². The lowest BCUT2D eigenvalue weighted by Crippen LogP contribution is -2.83. The Morgan fingerprint density at radius 2 is 1.31 bits per heavy atom. The summed E-state index contributed by atoms with van der Waals surface area (Å²) in [5, 5.41) is 26.8. The fraction of sp³-hybridized carbons (Fsp3) is 1.00. The van der Waals surface area contributed by atoms with Crippen molar-refractivity contribution in [2.75, 3.05) is 26.3 Å². The Labute approximate surface area is 95.4 Å². The fourth-order valence-electron chi connectivity index (χ4n) is 5.44. The molecular weight excluding hydrogens is 204 g/mol. The van der Waals surface area contributed by atoms with Gasteiger partial charge < -0.3 is 20.8 Å². The lowest BCUT2D eigenvalue weighted by atomic mass is 9.37. The minimum Gasteiger partial charge on any atom is -0.396 e. The van der Waals surface area contributed by atoms with E-state index in [0.29, 0.717) is 37.1 Å². The largest absolute Gasteiger partial charge is 0.396 e. The Morgan fingerprint density at radius 1 is 0.875 bits per heavy atom. The van der Waals surface area contributed by atoms with Crippen LogP contribution in [-0.2, 0) is 0 Å². The minimum absolute atomic E-state index is 0.107. The van der Waals surface area contributed by atoms with E-state index in [-0.39, 0.29) is 10.8 Å². The summed E-state index contributed by atoms with van der Waals surface area (Å²) < 4.78 is 0. The zero-order chi connectivity index (χ0) is 11.0. The molecule has 7 fully saturated rings. The molecule has 7 aliphatic rings. The highest BCUT2D eigenvalue weighted by molar-refractivity contribution is 5.25. The summed E-state index contributed by atoms with van der Waals surface area (Å²) in [6, 6.07) is 0.857. The Morgan fingerprint density at radius 3 is 1.69 bits per heavy atom. The summed E-state index contributed by atoms with van der Waals surface area (Å²) >= 11 is 0. The lowest BCUT2D eigenvalue weighted by molar-refractivity contribution is -0.241. The van der Waals surface area contributed by atoms with Gasteiger partial charge in [0.2, 0.25) is 0 Å². The van der Waals surface area contributed by atoms with Crippen LogP contribution >= 0.6 is 0 Å². The number of fused-ring (bicyclic) bond motifs is 2. The van der Waals surface area contributed by atoms with Crippen molar-refractivity contribution in [1.29, 1.82) is 0 Å². The van der Waals surface area contributed by atoms with E-state index in [2.05, 4.69) is 10.6 Å². The van der Waals surface area contributed by atoms with E-state index in [1.165, 1.54) is 0 Å². The van der Waals surface area contributed by atoms with Crippen LogP contribution in [0.4, 0.5) is 0 Å². The molecule has 6 atom stereocenters. The second-order valence-corrected chi connectivity index (χ2v) is 6.33. The quantitative estimate of drug-likeness (QED) is 0.482. The zero-order valence-corrected chi connectivity index (χ0v) is 9.45. The second kappa shape index (κ2) is 2.80. The van der Waals surface area contributed by atoms with E-state index in [1.807, 2.05) is 0 Å². The van der Waals surface area contributed by atoms with Crippen LogP contribution in [0.15, 0.2) is 0 Å². The van der Waals surface area contributed by atoms with Crippen LogP contribution in [0.25, 0.3) is 0 Å². The summed E-state index contributed by atoms with van der Waals surface area (Å²) in [7, 11) is 0. The van der Waals surface area contributed by atoms with Gasteiger partial charge in [0, 0.05) is 22.9 Å². The van der Waals surface area contributed by atoms with Crippen LogP contribution in [0, 0.1) is 22.7 Å². The second-order valence-electron chi connectivity index (χ2n) is 6.33. The maximum Gasteiger partial charge on any atom is 0.0506 e. The summed E-state index contributed by atoms with van der Waals surface area (Å²) in [4.78, 5) is 0. The number of piperidine rings is 4. The molecule has 0 amide bonds. The average Bonchev–Trinajstić information content (AvgIpc) is 2.39. The van der Waals surface area contributed by atoms with Gasteiger partial charge in [-0.25, -0.2) is 0 Å². The van der Waals surface area contributed by atoms with Gasteiger partial charge in [-0.1, -0.05) is 0 Å². The van der Waals surface area contributed by atoms with Gasteiger partial charge in [-0.05, 0) is 37.8 Å². The Balaban J connectivity index is 1.86. The van der Waals surface area contributed by atoms with E-state index < -0.39 is 0 Å². The Bertz CT molecular complexity index is 305. The molecule has 0 spiro atoms. The van der Waals surface area contributed by atoms with Gasteiger partial charge in [-0.3, -0.25) is 0 Å². The molecule has 16 heavy (non-hydrogen) atoms. The minimum atomic E-state index is 0.107. The number of rotatable bonds is 2. The molecule has 2 unspecified atom stereocenters. The molecule has 0 aromatic carbocycles. The van der Waals surface area contributed by atoms with E-state index >= 15 is 0 Å². The van der Waals surface area contributed by atoms with Gasteiger partial charge in [-0.2, -0.15) is 0 Å². The molecule has 3 saturated carbocycles. The first-order chi connectivity index (χ1) is 7.77. The molecule has 3 aliphatic carbocycles. The predicted octanol–water partition coefficient (Wildman–Crippen LogP) is -1.07. The highest BCUT2D eigenvalue weighted by Crippen LogP contribution is 2.66. The first kappa shape index (κ1) is 9.83. The zero-order valence-electron chi connectivity index (χ0n) is 9.45. The predicted molar refractivity (Wildman–Crippen MR) is 58.8 cm³/mol. The van der Waals surface area contributed by atoms with Crippen molar-refractivity contribution in [3.8, 4) is 0 Å². The highest BCUT2D eigenvalue weighted by Gasteiger charge is 2.71. The number of aliphatic hydroxyl groups excluding tert-OH is 2. The van der Waals surface area contributed by atoms with Crippen molar-refractivity contribution in [3.63, 3.8) is 0 Å². The van der Waals surface area contributed by atoms with Crippen molar-refractivity contribution in [2.45, 2.75) is 24.9 Å². The van der Waals surface area contributed by atoms with Crippen molar-refractivity contribution < 1.29 is 10.2 Å². The molecule has 0 radical (unpaired) electrons. The Hall–Kier alpha value is -0.160. The number of hydrogen-bond donors (Lipinski definition) is 4. The standard InChI is InChI=1S/C12H20N2O2/c15-5-11-1-9-12(6-16)2-10(11)14-4-8(12)7(11)3-13-9/h7-10,13-16H,1-6H2/t7?,8?,9-,10+,11+,12-. The molecule has 4 nitrogen and oxygen atoms in total. The van der Waals surface area contributed by atoms with E-state index in [1.54, 1.807) is 0 Å². The lowest BCUT2D eigenvalue weighted by Gasteiger charge is -2.74. The number of aliphatic hydroxyl groups is 2. The van der Waals surface area contributed by atoms with E-state index in [4.69, 9.17) is 0 Å². The molecule has 4 saturated heterocycles. The summed E-state index contributed by atoms with van der Waals surface area (Å²) in [6.45, 7) is 2.70. The van der Waals surface area contributed by atoms with E-state index in [9.17, 15) is 10.2 Å². The van der Waals surface area contributed by atoms with Crippen molar-refractivity contribution in [3.05, 3.63) is 0 Å². The third-order valence-electron chi connectivity index (χ3n) is 6.28. The molecule has 6 bridgehead atoms. The van der Waals surface area contributed by atoms with Crippen LogP contribution in [0.5, 0.6) is 0 Å². The molecular formula is C12H20N2O2. The summed E-state index contributed by atoms with van der Waals surface area (Å²) in [6.07, 6.45) is 2.09. The monoisotopic (exact) mass is 224 g/mol. The fourth-order valence-corrected chi connectivity index (χ4v) is 5.44. The molecule has 4 N–H and O–H groups in total. The first-order valence-corrected chi connectivity index (χ1v) is 6.45. The molecule has 4 heterocycles. The average molecular weight is 224 g/mol. The summed E-state index contributed by atoms with van der Waals surface area (Å²) in [5.41, 5.74) is 0.214. The van der Waals surface area contributed by atoms with Crippen LogP contribution in [0.1, 0.15) is 12.8 Å². The van der Waals surface area contributed by atoms with Crippen molar-refractivity contribution >= 4 is 0 Å². The molecule has 0 aromatic heterocycles. The number of hydrogen-bond acceptors (Lipinski definition) is 4. The van der Waals surface area contributed by atoms with Crippen LogP contribution in [0.3, 0.4) is 0 Å². The van der Waals surface area contributed by atoms with Gasteiger partial charge in [0.15, 0.2) is 0 Å². The van der Waals surface area contributed by atoms with Gasteiger partial charge in [0.1, 0.15) is 0 Å². The third-order valence-corrected chi connectivity index (χ3v) is 6.28. The first-order valence-electron chi connectivity index (χ1n) is 6.45. The van der Waals surface area contributed by atoms with Gasteiger partial charge in [-0.15, -0.1) is 0 Å². The van der Waals surface area contributed by atoms with Gasteiger partial charge >= 0.3 is 0 Å². The maximum atomic E-state index is 9.84. The molecule has 0 aromatic rings. The third kappa shape index (κ3) is 0.787. The maximum absolute atomic E-state index is 9.84. The number of nitrogens with one attached hydrogen (secondary N) is 2. The van der Waals surface area contributed by atoms with Crippen LogP contribution in [-0.4, -0.2) is 48.6 Å². The van der Waals surface area contributed by atoms with Crippen molar-refractivity contribution in [1.82, 2.24) is 10.6 Å². The van der Waals surface area contributed by atoms with Crippen LogP contribution in [0.2, 0.25) is 0 Å². The van der Waals surface area contributed by atoms with Crippen LogP contribution < -0.4 is 10.6 Å². The summed E-state index contributed by atoms with van der Waals surface area (Å²) in [5.74, 6) is 1.13. The molecule has 4 aliphatic heterocycles. The smallest absolute Gasteiger partial charge is 0.0506 e. The molecule has 90 valence electrons. The highest BCUT2D eigenvalue weighted by atomic mass is 16.3. The van der Waals surface area contributed by atoms with Crippen molar-refractivity contribution in [2.24, 2.45) is 22.7 Å². The normalized spacial score (nSPS) is 61.9. The topological polar surface area (TPSA) is 64.5 Å². The Kier molecular flexibility index (Phi) is 1.72. The van der Waals surface area contributed by atoms with E-state index in [0.717, 1.165) is 25.9 Å². The van der Waals surface area contributed by atoms with Gasteiger partial charge in [0.05, 0.1) is 13.2 Å².